The lowest BCUT2D eigenvalue weighted by Gasteiger charge is -2.30. The lowest BCUT2D eigenvalue weighted by molar-refractivity contribution is -0.152. The average molecular weight is 385 g/mol. The van der Waals surface area contributed by atoms with Crippen LogP contribution in [-0.2, 0) is 19.1 Å². The van der Waals surface area contributed by atoms with Gasteiger partial charge in [-0.15, -0.1) is 11.8 Å². The monoisotopic (exact) mass is 384 g/mol. The summed E-state index contributed by atoms with van der Waals surface area (Å²) in [5.74, 6) is -1.20. The second-order valence-electron chi connectivity index (χ2n) is 5.88. The van der Waals surface area contributed by atoms with Gasteiger partial charge in [0.05, 0.1) is 0 Å². The number of carbonyl (C=O) groups is 3. The highest BCUT2D eigenvalue weighted by Gasteiger charge is 2.26. The van der Waals surface area contributed by atoms with Crippen molar-refractivity contribution in [2.24, 2.45) is 11.7 Å². The van der Waals surface area contributed by atoms with E-state index >= 15 is 0 Å². The number of thioether (sulfide) groups is 1. The van der Waals surface area contributed by atoms with Crippen LogP contribution in [-0.4, -0.2) is 47.6 Å². The van der Waals surface area contributed by atoms with Crippen LogP contribution in [0, 0.1) is 5.92 Å². The average Bonchev–Trinajstić information content (AvgIpc) is 2.61. The second kappa shape index (κ2) is 9.10. The molecule has 1 aromatic rings. The van der Waals surface area contributed by atoms with Gasteiger partial charge in [-0.2, -0.15) is 0 Å². The molecule has 2 amide bonds. The molecule has 0 aliphatic carbocycles. The highest BCUT2D eigenvalue weighted by atomic mass is 35.5. The third kappa shape index (κ3) is 5.93. The van der Waals surface area contributed by atoms with Crippen molar-refractivity contribution >= 4 is 41.1 Å². The molecule has 0 radical (unpaired) electrons. The lowest BCUT2D eigenvalue weighted by Crippen LogP contribution is -2.43. The molecule has 1 atom stereocenters. The number of piperidine rings is 1. The molecule has 6 nitrogen and oxygen atoms in total. The summed E-state index contributed by atoms with van der Waals surface area (Å²) in [6, 6.07) is 7.15. The van der Waals surface area contributed by atoms with Crippen molar-refractivity contribution in [1.82, 2.24) is 4.90 Å². The van der Waals surface area contributed by atoms with Gasteiger partial charge in [-0.3, -0.25) is 14.4 Å². The normalized spacial score (nSPS) is 16.3. The van der Waals surface area contributed by atoms with Gasteiger partial charge in [-0.25, -0.2) is 0 Å². The minimum atomic E-state index is -0.444. The van der Waals surface area contributed by atoms with E-state index in [0.717, 1.165) is 4.90 Å². The number of primary amides is 1. The number of halogens is 1. The van der Waals surface area contributed by atoms with Crippen molar-refractivity contribution in [2.75, 3.05) is 19.7 Å². The zero-order chi connectivity index (χ0) is 18.4. The summed E-state index contributed by atoms with van der Waals surface area (Å²) >= 11 is 7.17. The van der Waals surface area contributed by atoms with Gasteiger partial charge in [0.1, 0.15) is 5.25 Å². The number of esters is 1. The summed E-state index contributed by atoms with van der Waals surface area (Å²) < 4.78 is 5.12. The van der Waals surface area contributed by atoms with Crippen LogP contribution in [0.3, 0.4) is 0 Å². The van der Waals surface area contributed by atoms with Crippen LogP contribution < -0.4 is 5.73 Å². The fourth-order valence-electron chi connectivity index (χ4n) is 2.52. The van der Waals surface area contributed by atoms with E-state index in [4.69, 9.17) is 22.1 Å². The van der Waals surface area contributed by atoms with Gasteiger partial charge in [0.2, 0.25) is 5.91 Å². The van der Waals surface area contributed by atoms with E-state index in [1.54, 1.807) is 24.0 Å². The Morgan fingerprint density at radius 2 is 1.88 bits per heavy atom. The van der Waals surface area contributed by atoms with E-state index in [2.05, 4.69) is 0 Å². The predicted octanol–water partition coefficient (Wildman–Crippen LogP) is 2.09. The van der Waals surface area contributed by atoms with E-state index in [1.165, 1.54) is 11.8 Å². The van der Waals surface area contributed by atoms with Gasteiger partial charge < -0.3 is 15.4 Å². The predicted molar refractivity (Wildman–Crippen MR) is 96.2 cm³/mol. The molecule has 0 spiro atoms. The van der Waals surface area contributed by atoms with E-state index in [1.807, 2.05) is 12.1 Å². The van der Waals surface area contributed by atoms with E-state index in [0.29, 0.717) is 31.0 Å². The maximum absolute atomic E-state index is 12.1. The standard InChI is InChI=1S/C17H21ClN2O4S/c1-11(25-14-4-2-13(18)3-5-14)17(23)24-10-15(21)20-8-6-12(7-9-20)16(19)22/h2-5,11-12H,6-10H2,1H3,(H2,19,22)/t11-/m1/s1. The van der Waals surface area contributed by atoms with Crippen LogP contribution in [0.25, 0.3) is 0 Å². The maximum atomic E-state index is 12.1. The number of nitrogens with zero attached hydrogens (tertiary/aromatic N) is 1. The molecule has 1 heterocycles. The number of carbonyl (C=O) groups excluding carboxylic acids is 3. The molecule has 1 fully saturated rings. The van der Waals surface area contributed by atoms with Gasteiger partial charge >= 0.3 is 5.97 Å². The van der Waals surface area contributed by atoms with Gasteiger partial charge in [0.25, 0.3) is 5.91 Å². The van der Waals surface area contributed by atoms with Crippen LogP contribution in [0.4, 0.5) is 0 Å². The number of rotatable bonds is 6. The Bertz CT molecular complexity index is 630. The SMILES string of the molecule is C[C@@H](Sc1ccc(Cl)cc1)C(=O)OCC(=O)N1CCC(C(N)=O)CC1. The molecule has 2 rings (SSSR count). The molecular weight excluding hydrogens is 364 g/mol. The van der Waals surface area contributed by atoms with E-state index in [-0.39, 0.29) is 24.3 Å². The molecule has 136 valence electrons. The van der Waals surface area contributed by atoms with Crippen molar-refractivity contribution in [2.45, 2.75) is 29.9 Å². The lowest BCUT2D eigenvalue weighted by atomic mass is 9.96. The molecule has 0 bridgehead atoms. The maximum Gasteiger partial charge on any atom is 0.319 e. The summed E-state index contributed by atoms with van der Waals surface area (Å²) in [6.07, 6.45) is 1.11. The second-order valence-corrected chi connectivity index (χ2v) is 7.73. The zero-order valence-electron chi connectivity index (χ0n) is 13.9. The van der Waals surface area contributed by atoms with Crippen LogP contribution in [0.2, 0.25) is 5.02 Å². The Labute approximate surface area is 156 Å². The van der Waals surface area contributed by atoms with Crippen molar-refractivity contribution < 1.29 is 19.1 Å². The quantitative estimate of drug-likeness (QED) is 0.599. The highest BCUT2D eigenvalue weighted by Crippen LogP contribution is 2.25. The Hall–Kier alpha value is -1.73. The number of amides is 2. The fourth-order valence-corrected chi connectivity index (χ4v) is 3.51. The number of nitrogens with two attached hydrogens (primary N) is 1. The van der Waals surface area contributed by atoms with Crippen LogP contribution in [0.15, 0.2) is 29.2 Å². The Morgan fingerprint density at radius 1 is 1.28 bits per heavy atom. The van der Waals surface area contributed by atoms with Crippen molar-refractivity contribution in [3.8, 4) is 0 Å². The molecule has 0 saturated carbocycles. The first-order valence-corrected chi connectivity index (χ1v) is 9.28. The first-order chi connectivity index (χ1) is 11.9. The Balaban J connectivity index is 1.74. The summed E-state index contributed by atoms with van der Waals surface area (Å²) in [6.45, 7) is 2.36. The first-order valence-electron chi connectivity index (χ1n) is 8.02. The van der Waals surface area contributed by atoms with Crippen LogP contribution >= 0.6 is 23.4 Å². The van der Waals surface area contributed by atoms with Gasteiger partial charge in [0, 0.05) is 28.9 Å². The molecule has 25 heavy (non-hydrogen) atoms. The van der Waals surface area contributed by atoms with E-state index in [9.17, 15) is 14.4 Å². The number of hydrogen-bond acceptors (Lipinski definition) is 5. The molecular formula is C17H21ClN2O4S. The van der Waals surface area contributed by atoms with Crippen LogP contribution in [0.1, 0.15) is 19.8 Å². The molecule has 1 saturated heterocycles. The third-order valence-corrected chi connectivity index (χ3v) is 5.39. The summed E-state index contributed by atoms with van der Waals surface area (Å²) in [7, 11) is 0. The smallest absolute Gasteiger partial charge is 0.319 e. The highest BCUT2D eigenvalue weighted by molar-refractivity contribution is 8.00. The summed E-state index contributed by atoms with van der Waals surface area (Å²) in [5.41, 5.74) is 5.27. The van der Waals surface area contributed by atoms with Crippen molar-refractivity contribution in [3.63, 3.8) is 0 Å². The molecule has 1 aliphatic heterocycles. The van der Waals surface area contributed by atoms with Gasteiger partial charge in [-0.1, -0.05) is 11.6 Å². The number of likely N-dealkylation sites (tertiary alicyclic amines) is 1. The topological polar surface area (TPSA) is 89.7 Å². The number of ether oxygens (including phenoxy) is 1. The molecule has 1 aromatic carbocycles. The third-order valence-electron chi connectivity index (χ3n) is 4.05. The Kier molecular flexibility index (Phi) is 7.13. The molecule has 0 unspecified atom stereocenters. The summed E-state index contributed by atoms with van der Waals surface area (Å²) in [4.78, 5) is 37.8. The molecule has 2 N–H and O–H groups in total. The van der Waals surface area contributed by atoms with E-state index < -0.39 is 11.2 Å². The largest absolute Gasteiger partial charge is 0.455 e. The minimum Gasteiger partial charge on any atom is -0.455 e. The van der Waals surface area contributed by atoms with Crippen molar-refractivity contribution in [1.29, 1.82) is 0 Å². The molecule has 1 aliphatic rings. The Morgan fingerprint density at radius 3 is 2.44 bits per heavy atom. The summed E-state index contributed by atoms with van der Waals surface area (Å²) in [5, 5.41) is 0.194. The van der Waals surface area contributed by atoms with Gasteiger partial charge in [0.15, 0.2) is 6.61 Å². The zero-order valence-corrected chi connectivity index (χ0v) is 15.5. The van der Waals surface area contributed by atoms with Crippen LogP contribution in [0.5, 0.6) is 0 Å². The molecule has 0 aromatic heterocycles. The fraction of sp³-hybridized carbons (Fsp3) is 0.471. The number of benzene rings is 1. The first kappa shape index (κ1) is 19.6. The van der Waals surface area contributed by atoms with Crippen molar-refractivity contribution in [3.05, 3.63) is 29.3 Å². The van der Waals surface area contributed by atoms with Gasteiger partial charge in [-0.05, 0) is 44.0 Å². The minimum absolute atomic E-state index is 0.178. The number of hydrogen-bond donors (Lipinski definition) is 1. The molecule has 8 heteroatoms.